The SMILES string of the molecule is Cc1ccc(COc2cccc(C=C3SC(=S)N(C(C)(C)C)C3=O)c2)cc1. The maximum atomic E-state index is 12.7. The number of carbonyl (C=O) groups is 1. The van der Waals surface area contributed by atoms with Crippen LogP contribution in [0, 0.1) is 6.92 Å². The number of benzene rings is 2. The van der Waals surface area contributed by atoms with E-state index in [9.17, 15) is 4.79 Å². The highest BCUT2D eigenvalue weighted by Gasteiger charge is 2.38. The summed E-state index contributed by atoms with van der Waals surface area (Å²) < 4.78 is 6.51. The number of hydrogen-bond donors (Lipinski definition) is 0. The Morgan fingerprint density at radius 3 is 2.48 bits per heavy atom. The van der Waals surface area contributed by atoms with Crippen LogP contribution in [0.1, 0.15) is 37.5 Å². The van der Waals surface area contributed by atoms with Crippen LogP contribution >= 0.6 is 24.0 Å². The first-order chi connectivity index (χ1) is 12.7. The third-order valence-corrected chi connectivity index (χ3v) is 5.45. The normalized spacial score (nSPS) is 16.3. The highest BCUT2D eigenvalue weighted by atomic mass is 32.2. The van der Waals surface area contributed by atoms with Gasteiger partial charge in [0.2, 0.25) is 0 Å². The summed E-state index contributed by atoms with van der Waals surface area (Å²) in [7, 11) is 0. The van der Waals surface area contributed by atoms with Crippen molar-refractivity contribution in [2.75, 3.05) is 0 Å². The second-order valence-electron chi connectivity index (χ2n) is 7.53. The molecule has 0 aliphatic carbocycles. The molecular weight excluding hydrogens is 374 g/mol. The smallest absolute Gasteiger partial charge is 0.266 e. The Balaban J connectivity index is 1.74. The minimum atomic E-state index is -0.324. The summed E-state index contributed by atoms with van der Waals surface area (Å²) in [6, 6.07) is 16.0. The second kappa shape index (κ2) is 7.87. The minimum absolute atomic E-state index is 0.0384. The molecule has 0 saturated carbocycles. The fourth-order valence-corrected chi connectivity index (χ4v) is 4.38. The van der Waals surface area contributed by atoms with Crippen LogP contribution < -0.4 is 4.74 Å². The highest BCUT2D eigenvalue weighted by Crippen LogP contribution is 2.37. The zero-order chi connectivity index (χ0) is 19.6. The first-order valence-corrected chi connectivity index (χ1v) is 10.0. The zero-order valence-electron chi connectivity index (χ0n) is 16.0. The molecule has 1 amide bonds. The lowest BCUT2D eigenvalue weighted by Crippen LogP contribution is -2.44. The van der Waals surface area contributed by atoms with Gasteiger partial charge in [-0.25, -0.2) is 0 Å². The van der Waals surface area contributed by atoms with E-state index in [0.29, 0.717) is 15.8 Å². The molecule has 1 heterocycles. The summed E-state index contributed by atoms with van der Waals surface area (Å²) in [4.78, 5) is 15.0. The molecule has 0 bridgehead atoms. The van der Waals surface area contributed by atoms with E-state index in [0.717, 1.165) is 16.9 Å². The number of hydrogen-bond acceptors (Lipinski definition) is 4. The average molecular weight is 398 g/mol. The van der Waals surface area contributed by atoms with Gasteiger partial charge in [0.05, 0.1) is 4.91 Å². The number of thioether (sulfide) groups is 1. The van der Waals surface area contributed by atoms with Gasteiger partial charge in [-0.15, -0.1) is 0 Å². The fraction of sp³-hybridized carbons (Fsp3) is 0.273. The van der Waals surface area contributed by atoms with Crippen LogP contribution in [0.15, 0.2) is 53.4 Å². The number of nitrogens with zero attached hydrogens (tertiary/aromatic N) is 1. The molecule has 3 rings (SSSR count). The van der Waals surface area contributed by atoms with Gasteiger partial charge in [-0.2, -0.15) is 0 Å². The van der Waals surface area contributed by atoms with Gasteiger partial charge in [0.25, 0.3) is 5.91 Å². The molecular formula is C22H23NO2S2. The minimum Gasteiger partial charge on any atom is -0.489 e. The van der Waals surface area contributed by atoms with Gasteiger partial charge < -0.3 is 4.74 Å². The van der Waals surface area contributed by atoms with Gasteiger partial charge in [0, 0.05) is 5.54 Å². The largest absolute Gasteiger partial charge is 0.489 e. The lowest BCUT2D eigenvalue weighted by molar-refractivity contribution is -0.125. The molecule has 5 heteroatoms. The van der Waals surface area contributed by atoms with Crippen molar-refractivity contribution in [1.82, 2.24) is 4.90 Å². The predicted octanol–water partition coefficient (Wildman–Crippen LogP) is 5.57. The third-order valence-electron chi connectivity index (χ3n) is 4.15. The van der Waals surface area contributed by atoms with E-state index in [2.05, 4.69) is 31.2 Å². The summed E-state index contributed by atoms with van der Waals surface area (Å²) >= 11 is 6.74. The van der Waals surface area contributed by atoms with Crippen molar-refractivity contribution in [3.05, 3.63) is 70.1 Å². The second-order valence-corrected chi connectivity index (χ2v) is 9.21. The highest BCUT2D eigenvalue weighted by molar-refractivity contribution is 8.26. The van der Waals surface area contributed by atoms with Crippen LogP contribution in [0.5, 0.6) is 5.75 Å². The van der Waals surface area contributed by atoms with Crippen molar-refractivity contribution in [2.24, 2.45) is 0 Å². The molecule has 27 heavy (non-hydrogen) atoms. The number of rotatable bonds is 4. The molecule has 1 saturated heterocycles. The summed E-state index contributed by atoms with van der Waals surface area (Å²) in [5, 5.41) is 0. The maximum absolute atomic E-state index is 12.7. The summed E-state index contributed by atoms with van der Waals surface area (Å²) in [6.07, 6.45) is 1.88. The van der Waals surface area contributed by atoms with E-state index in [1.54, 1.807) is 4.90 Å². The molecule has 140 valence electrons. The molecule has 0 aromatic heterocycles. The van der Waals surface area contributed by atoms with Crippen molar-refractivity contribution in [2.45, 2.75) is 39.8 Å². The molecule has 2 aromatic rings. The molecule has 0 N–H and O–H groups in total. The van der Waals surface area contributed by atoms with Crippen LogP contribution in [0.3, 0.4) is 0 Å². The molecule has 0 spiro atoms. The van der Waals surface area contributed by atoms with E-state index in [1.807, 2.05) is 51.1 Å². The van der Waals surface area contributed by atoms with Crippen LogP contribution in [-0.4, -0.2) is 20.7 Å². The summed E-state index contributed by atoms with van der Waals surface area (Å²) in [5.74, 6) is 0.735. The summed E-state index contributed by atoms with van der Waals surface area (Å²) in [5.41, 5.74) is 2.95. The number of aryl methyl sites for hydroxylation is 1. The molecule has 3 nitrogen and oxygen atoms in total. The van der Waals surface area contributed by atoms with Crippen LogP contribution in [0.4, 0.5) is 0 Å². The fourth-order valence-electron chi connectivity index (χ4n) is 2.74. The lowest BCUT2D eigenvalue weighted by Gasteiger charge is -2.30. The summed E-state index contributed by atoms with van der Waals surface area (Å²) in [6.45, 7) is 8.53. The third kappa shape index (κ3) is 4.79. The molecule has 1 aliphatic heterocycles. The Morgan fingerprint density at radius 1 is 1.15 bits per heavy atom. The number of thiocarbonyl (C=S) groups is 1. The predicted molar refractivity (Wildman–Crippen MR) is 117 cm³/mol. The Kier molecular flexibility index (Phi) is 5.72. The molecule has 0 atom stereocenters. The van der Waals surface area contributed by atoms with Crippen molar-refractivity contribution >= 4 is 40.3 Å². The molecule has 0 unspecified atom stereocenters. The van der Waals surface area contributed by atoms with E-state index in [4.69, 9.17) is 17.0 Å². The molecule has 1 fully saturated rings. The van der Waals surface area contributed by atoms with Crippen LogP contribution in [0.2, 0.25) is 0 Å². The Bertz CT molecular complexity index is 895. The van der Waals surface area contributed by atoms with Gasteiger partial charge in [-0.05, 0) is 57.0 Å². The van der Waals surface area contributed by atoms with Crippen molar-refractivity contribution in [3.8, 4) is 5.75 Å². The first kappa shape index (κ1) is 19.6. The van der Waals surface area contributed by atoms with Gasteiger partial charge >= 0.3 is 0 Å². The van der Waals surface area contributed by atoms with Crippen LogP contribution in [-0.2, 0) is 11.4 Å². The molecule has 2 aromatic carbocycles. The van der Waals surface area contributed by atoms with Gasteiger partial charge in [-0.3, -0.25) is 9.69 Å². The zero-order valence-corrected chi connectivity index (χ0v) is 17.6. The van der Waals surface area contributed by atoms with E-state index >= 15 is 0 Å². The molecule has 0 radical (unpaired) electrons. The molecule has 1 aliphatic rings. The maximum Gasteiger partial charge on any atom is 0.266 e. The van der Waals surface area contributed by atoms with E-state index in [1.165, 1.54) is 17.3 Å². The van der Waals surface area contributed by atoms with Crippen molar-refractivity contribution in [3.63, 3.8) is 0 Å². The monoisotopic (exact) mass is 397 g/mol. The van der Waals surface area contributed by atoms with Crippen LogP contribution in [0.25, 0.3) is 6.08 Å². The topological polar surface area (TPSA) is 29.5 Å². The van der Waals surface area contributed by atoms with Gasteiger partial charge in [0.1, 0.15) is 16.7 Å². The standard InChI is InChI=1S/C22H23NO2S2/c1-15-8-10-16(11-9-15)14-25-18-7-5-6-17(12-18)13-19-20(24)23(21(26)27-19)22(2,3)4/h5-13H,14H2,1-4H3. The first-order valence-electron chi connectivity index (χ1n) is 8.80. The van der Waals surface area contributed by atoms with Gasteiger partial charge in [0.15, 0.2) is 0 Å². The van der Waals surface area contributed by atoms with E-state index < -0.39 is 0 Å². The Morgan fingerprint density at radius 2 is 1.85 bits per heavy atom. The van der Waals surface area contributed by atoms with Crippen molar-refractivity contribution < 1.29 is 9.53 Å². The quantitative estimate of drug-likeness (QED) is 0.498. The number of ether oxygens (including phenoxy) is 1. The van der Waals surface area contributed by atoms with E-state index in [-0.39, 0.29) is 11.4 Å². The number of carbonyl (C=O) groups excluding carboxylic acids is 1. The average Bonchev–Trinajstić information content (AvgIpc) is 2.88. The Hall–Kier alpha value is -2.11. The Labute approximate surface area is 170 Å². The lowest BCUT2D eigenvalue weighted by atomic mass is 10.1. The van der Waals surface area contributed by atoms with Crippen molar-refractivity contribution in [1.29, 1.82) is 0 Å². The van der Waals surface area contributed by atoms with Gasteiger partial charge in [-0.1, -0.05) is 65.9 Å². The number of amides is 1.